The van der Waals surface area contributed by atoms with E-state index in [0.29, 0.717) is 11.4 Å². The average molecular weight is 431 g/mol. The molecule has 32 heavy (non-hydrogen) atoms. The van der Waals surface area contributed by atoms with E-state index < -0.39 is 5.97 Å². The van der Waals surface area contributed by atoms with Crippen LogP contribution in [0, 0.1) is 19.7 Å². The minimum Gasteiger partial charge on any atom is -0.496 e. The van der Waals surface area contributed by atoms with Crippen molar-refractivity contribution < 1.29 is 19.0 Å². The summed E-state index contributed by atoms with van der Waals surface area (Å²) in [6, 6.07) is 15.1. The third-order valence-corrected chi connectivity index (χ3v) is 5.53. The number of aromatic carboxylic acids is 1. The zero-order valence-corrected chi connectivity index (χ0v) is 17.9. The highest BCUT2D eigenvalue weighted by atomic mass is 19.1. The van der Waals surface area contributed by atoms with Crippen LogP contribution in [0.25, 0.3) is 27.7 Å². The van der Waals surface area contributed by atoms with Gasteiger partial charge in [-0.1, -0.05) is 6.07 Å². The van der Waals surface area contributed by atoms with Gasteiger partial charge in [-0.15, -0.1) is 0 Å². The van der Waals surface area contributed by atoms with Gasteiger partial charge >= 0.3 is 5.97 Å². The molecule has 162 valence electrons. The van der Waals surface area contributed by atoms with E-state index in [4.69, 9.17) is 4.74 Å². The van der Waals surface area contributed by atoms with Gasteiger partial charge in [-0.25, -0.2) is 9.18 Å². The summed E-state index contributed by atoms with van der Waals surface area (Å²) in [5.41, 5.74) is 8.77. The van der Waals surface area contributed by atoms with Gasteiger partial charge in [-0.3, -0.25) is 5.43 Å². The van der Waals surface area contributed by atoms with Gasteiger partial charge in [0.1, 0.15) is 11.6 Å². The average Bonchev–Trinajstić information content (AvgIpc) is 3.04. The quantitative estimate of drug-likeness (QED) is 0.299. The van der Waals surface area contributed by atoms with E-state index in [2.05, 4.69) is 17.2 Å². The largest absolute Gasteiger partial charge is 0.496 e. The number of anilines is 1. The summed E-state index contributed by atoms with van der Waals surface area (Å²) in [5, 5.41) is 14.1. The molecule has 3 aromatic carbocycles. The number of carbonyl (C=O) groups is 1. The number of fused-ring (bicyclic) bond motifs is 1. The first kappa shape index (κ1) is 21.1. The lowest BCUT2D eigenvalue weighted by Crippen LogP contribution is -1.99. The Kier molecular flexibility index (Phi) is 5.40. The highest BCUT2D eigenvalue weighted by Gasteiger charge is 2.22. The lowest BCUT2D eigenvalue weighted by atomic mass is 9.98. The van der Waals surface area contributed by atoms with E-state index in [-0.39, 0.29) is 11.4 Å². The van der Waals surface area contributed by atoms with E-state index in [0.717, 1.165) is 39.0 Å². The fourth-order valence-electron chi connectivity index (χ4n) is 4.09. The molecule has 1 aromatic heterocycles. The summed E-state index contributed by atoms with van der Waals surface area (Å²) in [7, 11) is 1.50. The lowest BCUT2D eigenvalue weighted by Gasteiger charge is -2.12. The Morgan fingerprint density at radius 2 is 1.94 bits per heavy atom. The zero-order valence-electron chi connectivity index (χ0n) is 17.9. The van der Waals surface area contributed by atoms with Crippen LogP contribution in [0.15, 0.2) is 59.7 Å². The Morgan fingerprint density at radius 1 is 1.16 bits per heavy atom. The first-order valence-electron chi connectivity index (χ1n) is 9.90. The number of hydrazone groups is 1. The fraction of sp³-hybridized carbons (Fsp3) is 0.120. The third kappa shape index (κ3) is 3.47. The molecule has 0 aliphatic rings. The number of carboxylic acids is 1. The maximum atomic E-state index is 14.1. The Hall–Kier alpha value is -4.13. The second-order valence-electron chi connectivity index (χ2n) is 7.45. The molecule has 0 fully saturated rings. The second-order valence-corrected chi connectivity index (χ2v) is 7.45. The van der Waals surface area contributed by atoms with E-state index in [1.54, 1.807) is 18.2 Å². The van der Waals surface area contributed by atoms with Crippen LogP contribution in [-0.2, 0) is 0 Å². The number of rotatable bonds is 6. The Labute approximate surface area is 184 Å². The molecule has 6 nitrogen and oxygen atoms in total. The number of halogens is 1. The Bertz CT molecular complexity index is 1370. The molecule has 0 saturated heterocycles. The van der Waals surface area contributed by atoms with Crippen LogP contribution in [0.5, 0.6) is 5.75 Å². The van der Waals surface area contributed by atoms with Gasteiger partial charge in [0, 0.05) is 34.6 Å². The number of aromatic nitrogens is 1. The standard InChI is InChI=1S/C25H22FN3O3/c1-14-10-22-20(13-21(14)28-27-3)24(15(2)29(22)18-7-5-6-17(26)12-18)19-9-8-16(25(30)31)11-23(19)32-4/h5-13,28H,3H2,1-2,4H3,(H,30,31). The zero-order chi connectivity index (χ0) is 23.0. The maximum Gasteiger partial charge on any atom is 0.335 e. The van der Waals surface area contributed by atoms with Crippen LogP contribution < -0.4 is 10.2 Å². The highest BCUT2D eigenvalue weighted by Crippen LogP contribution is 2.42. The molecule has 0 bridgehead atoms. The number of aryl methyl sites for hydroxylation is 1. The molecule has 0 spiro atoms. The number of hydrogen-bond acceptors (Lipinski definition) is 4. The minimum absolute atomic E-state index is 0.131. The summed E-state index contributed by atoms with van der Waals surface area (Å²) in [6.07, 6.45) is 0. The molecule has 4 aromatic rings. The van der Waals surface area contributed by atoms with Crippen molar-refractivity contribution in [3.8, 4) is 22.6 Å². The van der Waals surface area contributed by atoms with Crippen molar-refractivity contribution in [3.63, 3.8) is 0 Å². The van der Waals surface area contributed by atoms with E-state index >= 15 is 0 Å². The highest BCUT2D eigenvalue weighted by molar-refractivity contribution is 6.03. The summed E-state index contributed by atoms with van der Waals surface area (Å²) >= 11 is 0. The van der Waals surface area contributed by atoms with Crippen molar-refractivity contribution >= 4 is 29.3 Å². The smallest absolute Gasteiger partial charge is 0.335 e. The van der Waals surface area contributed by atoms with Crippen LogP contribution in [0.4, 0.5) is 10.1 Å². The van der Waals surface area contributed by atoms with Gasteiger partial charge < -0.3 is 14.4 Å². The van der Waals surface area contributed by atoms with Crippen molar-refractivity contribution in [1.82, 2.24) is 4.57 Å². The van der Waals surface area contributed by atoms with Crippen LogP contribution in [0.1, 0.15) is 21.6 Å². The van der Waals surface area contributed by atoms with Crippen molar-refractivity contribution in [2.24, 2.45) is 5.10 Å². The predicted molar refractivity (Wildman–Crippen MR) is 125 cm³/mol. The normalized spacial score (nSPS) is 10.9. The van der Waals surface area contributed by atoms with Gasteiger partial charge in [-0.2, -0.15) is 5.10 Å². The molecule has 2 N–H and O–H groups in total. The van der Waals surface area contributed by atoms with E-state index in [9.17, 15) is 14.3 Å². The Balaban J connectivity index is 2.11. The van der Waals surface area contributed by atoms with Crippen molar-refractivity contribution in [1.29, 1.82) is 0 Å². The lowest BCUT2D eigenvalue weighted by molar-refractivity contribution is 0.0696. The van der Waals surface area contributed by atoms with Gasteiger partial charge in [0.2, 0.25) is 0 Å². The minimum atomic E-state index is -1.03. The van der Waals surface area contributed by atoms with Gasteiger partial charge in [0.05, 0.1) is 23.9 Å². The first-order valence-corrected chi connectivity index (χ1v) is 9.90. The molecule has 0 saturated carbocycles. The molecule has 0 atom stereocenters. The summed E-state index contributed by atoms with van der Waals surface area (Å²) in [4.78, 5) is 11.5. The molecule has 1 heterocycles. The molecule has 0 radical (unpaired) electrons. The van der Waals surface area contributed by atoms with Crippen molar-refractivity contribution in [2.45, 2.75) is 13.8 Å². The molecule has 7 heteroatoms. The number of benzene rings is 3. The molecular weight excluding hydrogens is 409 g/mol. The number of nitrogens with zero attached hydrogens (tertiary/aromatic N) is 2. The van der Waals surface area contributed by atoms with Crippen LogP contribution in [0.3, 0.4) is 0 Å². The molecule has 0 amide bonds. The fourth-order valence-corrected chi connectivity index (χ4v) is 4.09. The number of hydrogen-bond donors (Lipinski definition) is 2. The second kappa shape index (κ2) is 8.19. The van der Waals surface area contributed by atoms with E-state index in [1.807, 2.05) is 36.6 Å². The first-order chi connectivity index (χ1) is 15.3. The summed E-state index contributed by atoms with van der Waals surface area (Å²) < 4.78 is 21.6. The third-order valence-electron chi connectivity index (χ3n) is 5.53. The number of methoxy groups -OCH3 is 1. The van der Waals surface area contributed by atoms with Crippen LogP contribution in [-0.4, -0.2) is 29.5 Å². The predicted octanol–water partition coefficient (Wildman–Crippen LogP) is 5.79. The molecule has 0 aliphatic carbocycles. The maximum absolute atomic E-state index is 14.1. The number of carboxylic acid groups (broad SMARTS) is 1. The van der Waals surface area contributed by atoms with Crippen molar-refractivity contribution in [3.05, 3.63) is 77.2 Å². The molecule has 0 aliphatic heterocycles. The SMILES string of the molecule is C=NNc1cc2c(-c3ccc(C(=O)O)cc3OC)c(C)n(-c3cccc(F)c3)c2cc1C. The number of ether oxygens (including phenoxy) is 1. The van der Waals surface area contributed by atoms with E-state index in [1.165, 1.54) is 25.3 Å². The van der Waals surface area contributed by atoms with Gasteiger partial charge in [0.25, 0.3) is 0 Å². The monoisotopic (exact) mass is 431 g/mol. The van der Waals surface area contributed by atoms with Crippen LogP contribution >= 0.6 is 0 Å². The van der Waals surface area contributed by atoms with Crippen molar-refractivity contribution in [2.75, 3.05) is 12.5 Å². The Morgan fingerprint density at radius 3 is 2.59 bits per heavy atom. The molecular formula is C25H22FN3O3. The molecule has 4 rings (SSSR count). The van der Waals surface area contributed by atoms with Gasteiger partial charge in [0.15, 0.2) is 0 Å². The summed E-state index contributed by atoms with van der Waals surface area (Å²) in [6.45, 7) is 7.40. The van der Waals surface area contributed by atoms with Crippen LogP contribution in [0.2, 0.25) is 0 Å². The topological polar surface area (TPSA) is 75.8 Å². The number of nitrogens with one attached hydrogen (secondary N) is 1. The summed E-state index contributed by atoms with van der Waals surface area (Å²) in [5.74, 6) is -0.935. The molecule has 0 unspecified atom stereocenters. The van der Waals surface area contributed by atoms with Gasteiger partial charge in [-0.05, 0) is 67.9 Å².